The molecule has 2 aromatic rings. The van der Waals surface area contributed by atoms with E-state index in [0.717, 1.165) is 18.4 Å². The van der Waals surface area contributed by atoms with Crippen LogP contribution in [0, 0.1) is 0 Å². The van der Waals surface area contributed by atoms with Crippen LogP contribution in [0.15, 0.2) is 54.8 Å². The van der Waals surface area contributed by atoms with Gasteiger partial charge in [0.05, 0.1) is 0 Å². The van der Waals surface area contributed by atoms with Gasteiger partial charge in [0.15, 0.2) is 0 Å². The van der Waals surface area contributed by atoms with Gasteiger partial charge in [-0.1, -0.05) is 12.1 Å². The minimum Gasteiger partial charge on any atom is -1.00 e. The molecule has 0 aromatic carbocycles. The number of halogens is 8. The molecule has 0 unspecified atom stereocenters. The fraction of sp³-hybridized carbons (Fsp3) is 0. The molecule has 2 aromatic heterocycles. The van der Waals surface area contributed by atoms with Crippen LogP contribution in [-0.4, -0.2) is 9.97 Å². The van der Waals surface area contributed by atoms with Gasteiger partial charge < -0.3 is 49.6 Å². The summed E-state index contributed by atoms with van der Waals surface area (Å²) in [6.45, 7) is 0. The second-order valence-electron chi connectivity index (χ2n) is 2.57. The molecule has 0 fully saturated rings. The second-order valence-corrected chi connectivity index (χ2v) is 5.82. The Morgan fingerprint density at radius 1 is 0.571 bits per heavy atom. The molecule has 2 rings (SSSR count). The Hall–Kier alpha value is 1.90. The molecule has 0 spiro atoms. The zero-order valence-electron chi connectivity index (χ0n) is 11.7. The molecule has 0 bridgehead atoms. The van der Waals surface area contributed by atoms with Gasteiger partial charge in [-0.2, -0.15) is 0 Å². The average molecular weight is 681 g/mol. The number of pyridine rings is 2. The molecule has 0 atom stereocenters. The number of hydrogen-bond acceptors (Lipinski definition) is 2. The summed E-state index contributed by atoms with van der Waals surface area (Å²) < 4.78 is 3.41. The second kappa shape index (κ2) is 19.9. The maximum Gasteiger partial charge on any atom is 2.00 e. The summed E-state index contributed by atoms with van der Waals surface area (Å²) in [5.41, 5.74) is 0. The van der Waals surface area contributed by atoms with Crippen LogP contribution < -0.4 is 49.6 Å². The van der Waals surface area contributed by atoms with Crippen molar-refractivity contribution in [2.24, 2.45) is 0 Å². The van der Waals surface area contributed by atoms with Crippen molar-refractivity contribution in [3.05, 3.63) is 54.8 Å². The van der Waals surface area contributed by atoms with E-state index in [1.165, 1.54) is 0 Å². The summed E-state index contributed by atoms with van der Waals surface area (Å²) in [7, 11) is 0. The maximum atomic E-state index is 4.01. The van der Waals surface area contributed by atoms with Crippen molar-refractivity contribution in [3.8, 4) is 0 Å². The molecule has 0 saturated carbocycles. The van der Waals surface area contributed by atoms with Crippen molar-refractivity contribution in [2.45, 2.75) is 0 Å². The van der Waals surface area contributed by atoms with E-state index in [9.17, 15) is 0 Å². The molecule has 125 valence electrons. The van der Waals surface area contributed by atoms with Crippen LogP contribution in [-0.2, 0) is 17.1 Å². The van der Waals surface area contributed by atoms with Gasteiger partial charge in [0, 0.05) is 0 Å². The molecular formula is C10H8Br4Cl4CuN2. The monoisotopic (exact) mass is 675 g/mol. The molecule has 21 heavy (non-hydrogen) atoms. The van der Waals surface area contributed by atoms with E-state index in [4.69, 9.17) is 0 Å². The van der Waals surface area contributed by atoms with Gasteiger partial charge in [0.2, 0.25) is 0 Å². The van der Waals surface area contributed by atoms with Crippen LogP contribution in [0.2, 0.25) is 0 Å². The molecule has 2 nitrogen and oxygen atoms in total. The van der Waals surface area contributed by atoms with Crippen LogP contribution in [0.3, 0.4) is 0 Å². The standard InChI is InChI=1S/2C5H3Br2N.4ClH.Cu/c2*6-4-2-1-3-5(7)8-4;;;;;/h2*1-3H;4*1H;/q;;;;;;+2/p-2. The fourth-order valence-corrected chi connectivity index (χ4v) is 2.62. The quantitative estimate of drug-likeness (QED) is 0.205. The SMILES string of the molecule is Brc1cccc(Br)n1.Brc1cccc(Br)n1.[Cl-].[Cl-].[Cl-].[Cl-].[Cu+2].[H+].[H+]. The summed E-state index contributed by atoms with van der Waals surface area (Å²) in [6.07, 6.45) is 0. The van der Waals surface area contributed by atoms with E-state index in [1.807, 2.05) is 36.4 Å². The molecule has 0 aliphatic carbocycles. The van der Waals surface area contributed by atoms with Gasteiger partial charge in [-0.25, -0.2) is 9.97 Å². The third-order valence-corrected chi connectivity index (χ3v) is 3.13. The maximum absolute atomic E-state index is 4.01. The molecule has 0 saturated heterocycles. The van der Waals surface area contributed by atoms with Gasteiger partial charge in [-0.05, 0) is 88.0 Å². The van der Waals surface area contributed by atoms with Crippen molar-refractivity contribution in [3.63, 3.8) is 0 Å². The van der Waals surface area contributed by atoms with Gasteiger partial charge in [0.1, 0.15) is 18.4 Å². The summed E-state index contributed by atoms with van der Waals surface area (Å²) in [4.78, 5) is 8.01. The van der Waals surface area contributed by atoms with Crippen LogP contribution in [0.1, 0.15) is 2.85 Å². The first-order chi connectivity index (χ1) is 7.58. The predicted molar refractivity (Wildman–Crippen MR) is 81.5 cm³/mol. The molecule has 0 aliphatic heterocycles. The Bertz CT molecular complexity index is 414. The first-order valence-electron chi connectivity index (χ1n) is 4.14. The van der Waals surface area contributed by atoms with E-state index in [2.05, 4.69) is 73.7 Å². The Morgan fingerprint density at radius 3 is 0.857 bits per heavy atom. The summed E-state index contributed by atoms with van der Waals surface area (Å²) in [6, 6.07) is 11.4. The van der Waals surface area contributed by atoms with Crippen molar-refractivity contribution >= 4 is 63.7 Å². The predicted octanol–water partition coefficient (Wildman–Crippen LogP) is -6.55. The van der Waals surface area contributed by atoms with E-state index < -0.39 is 0 Å². The van der Waals surface area contributed by atoms with E-state index in [1.54, 1.807) is 0 Å². The van der Waals surface area contributed by atoms with Gasteiger partial charge in [0.25, 0.3) is 0 Å². The summed E-state index contributed by atoms with van der Waals surface area (Å²) in [5.74, 6) is 0. The smallest absolute Gasteiger partial charge is 1.00 e. The first-order valence-corrected chi connectivity index (χ1v) is 7.31. The van der Waals surface area contributed by atoms with Crippen molar-refractivity contribution < 1.29 is 69.6 Å². The molecule has 0 N–H and O–H groups in total. The van der Waals surface area contributed by atoms with Crippen LogP contribution in [0.5, 0.6) is 0 Å². The zero-order valence-corrected chi connectivity index (χ0v) is 20.0. The van der Waals surface area contributed by atoms with Crippen molar-refractivity contribution in [2.75, 3.05) is 0 Å². The largest absolute Gasteiger partial charge is 2.00 e. The third kappa shape index (κ3) is 18.1. The van der Waals surface area contributed by atoms with E-state index in [-0.39, 0.29) is 69.6 Å². The molecule has 11 heteroatoms. The van der Waals surface area contributed by atoms with Gasteiger partial charge in [-0.3, -0.25) is 0 Å². The van der Waals surface area contributed by atoms with Crippen LogP contribution in [0.4, 0.5) is 0 Å². The zero-order chi connectivity index (χ0) is 12.0. The van der Waals surface area contributed by atoms with Crippen LogP contribution in [0.25, 0.3) is 0 Å². The van der Waals surface area contributed by atoms with E-state index in [0.29, 0.717) is 0 Å². The van der Waals surface area contributed by atoms with Crippen molar-refractivity contribution in [1.29, 1.82) is 0 Å². The average Bonchev–Trinajstić information content (AvgIpc) is 2.17. The van der Waals surface area contributed by atoms with Crippen molar-refractivity contribution in [1.82, 2.24) is 9.97 Å². The summed E-state index contributed by atoms with van der Waals surface area (Å²) in [5, 5.41) is 0. The number of aromatic nitrogens is 2. The normalized spacial score (nSPS) is 7.05. The molecule has 0 aliphatic rings. The molecule has 0 amide bonds. The fourth-order valence-electron chi connectivity index (χ4n) is 0.767. The third-order valence-electron chi connectivity index (χ3n) is 1.36. The Kier molecular flexibility index (Phi) is 32.6. The Balaban J connectivity index is -0.0000000341. The molecule has 1 radical (unpaired) electrons. The van der Waals surface area contributed by atoms with Gasteiger partial charge >= 0.3 is 19.9 Å². The number of rotatable bonds is 0. The number of hydrogen-bond donors (Lipinski definition) is 0. The topological polar surface area (TPSA) is 25.8 Å². The van der Waals surface area contributed by atoms with E-state index >= 15 is 0 Å². The summed E-state index contributed by atoms with van der Waals surface area (Å²) >= 11 is 12.9. The molecular weight excluding hydrogens is 673 g/mol. The molecule has 2 heterocycles. The minimum absolute atomic E-state index is 0. The van der Waals surface area contributed by atoms with Crippen LogP contribution >= 0.6 is 63.7 Å². The Labute approximate surface area is 196 Å². The number of nitrogens with zero attached hydrogens (tertiary/aromatic N) is 2. The first kappa shape index (κ1) is 34.3. The van der Waals surface area contributed by atoms with Gasteiger partial charge in [-0.15, -0.1) is 0 Å². The minimum atomic E-state index is 0. The Morgan fingerprint density at radius 2 is 0.762 bits per heavy atom.